The van der Waals surface area contributed by atoms with Crippen LogP contribution in [0.1, 0.15) is 18.2 Å². The molecule has 1 aromatic heterocycles. The van der Waals surface area contributed by atoms with Crippen LogP contribution in [0.25, 0.3) is 0 Å². The molecule has 1 N–H and O–H groups in total. The van der Waals surface area contributed by atoms with Gasteiger partial charge < -0.3 is 14.8 Å². The van der Waals surface area contributed by atoms with Gasteiger partial charge in [0.2, 0.25) is 0 Å². The summed E-state index contributed by atoms with van der Waals surface area (Å²) in [7, 11) is 1.70. The SMILES string of the molecule is CCCNC(COCCOC)Cc1cccs1. The molecule has 0 aromatic carbocycles. The number of rotatable bonds is 10. The Morgan fingerprint density at radius 2 is 2.29 bits per heavy atom. The molecule has 1 heterocycles. The number of hydrogen-bond donors (Lipinski definition) is 1. The third-order valence-electron chi connectivity index (χ3n) is 2.46. The second kappa shape index (κ2) is 9.59. The Kier molecular flexibility index (Phi) is 8.26. The molecule has 0 aliphatic rings. The third kappa shape index (κ3) is 6.78. The number of thiophene rings is 1. The van der Waals surface area contributed by atoms with Gasteiger partial charge in [0.25, 0.3) is 0 Å². The molecule has 1 atom stereocenters. The van der Waals surface area contributed by atoms with Crippen molar-refractivity contribution < 1.29 is 9.47 Å². The summed E-state index contributed by atoms with van der Waals surface area (Å²) in [6.45, 7) is 5.32. The van der Waals surface area contributed by atoms with E-state index in [0.29, 0.717) is 19.3 Å². The predicted molar refractivity (Wildman–Crippen MR) is 72.8 cm³/mol. The lowest BCUT2D eigenvalue weighted by molar-refractivity contribution is 0.0588. The first kappa shape index (κ1) is 14.6. The summed E-state index contributed by atoms with van der Waals surface area (Å²) >= 11 is 1.81. The molecule has 0 bridgehead atoms. The van der Waals surface area contributed by atoms with Crippen LogP contribution in [0.15, 0.2) is 17.5 Å². The van der Waals surface area contributed by atoms with Crippen molar-refractivity contribution in [3.05, 3.63) is 22.4 Å². The minimum atomic E-state index is 0.408. The predicted octanol–water partition coefficient (Wildman–Crippen LogP) is 2.32. The first-order valence-electron chi connectivity index (χ1n) is 6.19. The lowest BCUT2D eigenvalue weighted by Crippen LogP contribution is -2.36. The Morgan fingerprint density at radius 1 is 1.41 bits per heavy atom. The molecule has 0 amide bonds. The molecule has 17 heavy (non-hydrogen) atoms. The molecule has 4 heteroatoms. The Morgan fingerprint density at radius 3 is 2.94 bits per heavy atom. The van der Waals surface area contributed by atoms with Crippen molar-refractivity contribution in [3.63, 3.8) is 0 Å². The first-order valence-corrected chi connectivity index (χ1v) is 7.07. The van der Waals surface area contributed by atoms with Crippen LogP contribution >= 0.6 is 11.3 Å². The Hall–Kier alpha value is -0.420. The lowest BCUT2D eigenvalue weighted by Gasteiger charge is -2.17. The van der Waals surface area contributed by atoms with Crippen LogP contribution in [-0.2, 0) is 15.9 Å². The Bertz CT molecular complexity index is 264. The summed E-state index contributed by atoms with van der Waals surface area (Å²) < 4.78 is 10.6. The maximum Gasteiger partial charge on any atom is 0.0701 e. The van der Waals surface area contributed by atoms with Crippen molar-refractivity contribution >= 4 is 11.3 Å². The molecule has 0 radical (unpaired) electrons. The van der Waals surface area contributed by atoms with E-state index < -0.39 is 0 Å². The van der Waals surface area contributed by atoms with Crippen molar-refractivity contribution in [1.82, 2.24) is 5.32 Å². The topological polar surface area (TPSA) is 30.5 Å². The van der Waals surface area contributed by atoms with E-state index in [1.807, 2.05) is 11.3 Å². The van der Waals surface area contributed by atoms with Crippen LogP contribution in [0.3, 0.4) is 0 Å². The van der Waals surface area contributed by atoms with Crippen LogP contribution < -0.4 is 5.32 Å². The molecule has 0 fully saturated rings. The van der Waals surface area contributed by atoms with Crippen molar-refractivity contribution in [1.29, 1.82) is 0 Å². The van der Waals surface area contributed by atoms with Gasteiger partial charge in [0.15, 0.2) is 0 Å². The van der Waals surface area contributed by atoms with Crippen LogP contribution in [0.4, 0.5) is 0 Å². The first-order chi connectivity index (χ1) is 8.36. The molecule has 98 valence electrons. The largest absolute Gasteiger partial charge is 0.382 e. The van der Waals surface area contributed by atoms with E-state index in [0.717, 1.165) is 26.0 Å². The molecule has 0 saturated carbocycles. The normalized spacial score (nSPS) is 12.8. The number of hydrogen-bond acceptors (Lipinski definition) is 4. The van der Waals surface area contributed by atoms with Gasteiger partial charge >= 0.3 is 0 Å². The highest BCUT2D eigenvalue weighted by atomic mass is 32.1. The van der Waals surface area contributed by atoms with E-state index >= 15 is 0 Å². The molecular formula is C13H23NO2S. The number of methoxy groups -OCH3 is 1. The summed E-state index contributed by atoms with van der Waals surface area (Å²) in [5.74, 6) is 0. The van der Waals surface area contributed by atoms with Crippen LogP contribution in [0, 0.1) is 0 Å². The summed E-state index contributed by atoms with van der Waals surface area (Å²) in [4.78, 5) is 1.41. The van der Waals surface area contributed by atoms with Gasteiger partial charge in [-0.1, -0.05) is 13.0 Å². The van der Waals surface area contributed by atoms with Gasteiger partial charge in [-0.2, -0.15) is 0 Å². The quantitative estimate of drug-likeness (QED) is 0.653. The highest BCUT2D eigenvalue weighted by Gasteiger charge is 2.09. The van der Waals surface area contributed by atoms with Gasteiger partial charge in [-0.3, -0.25) is 0 Å². The van der Waals surface area contributed by atoms with E-state index in [4.69, 9.17) is 9.47 Å². The average molecular weight is 257 g/mol. The monoisotopic (exact) mass is 257 g/mol. The van der Waals surface area contributed by atoms with E-state index in [1.165, 1.54) is 4.88 Å². The average Bonchev–Trinajstić information content (AvgIpc) is 2.84. The second-order valence-electron chi connectivity index (χ2n) is 4.00. The lowest BCUT2D eigenvalue weighted by atomic mass is 10.2. The molecule has 0 aliphatic carbocycles. The maximum absolute atomic E-state index is 5.60. The minimum Gasteiger partial charge on any atom is -0.382 e. The van der Waals surface area contributed by atoms with Crippen LogP contribution in [-0.4, -0.2) is 39.5 Å². The molecule has 0 spiro atoms. The smallest absolute Gasteiger partial charge is 0.0701 e. The highest BCUT2D eigenvalue weighted by molar-refractivity contribution is 7.09. The van der Waals surface area contributed by atoms with Gasteiger partial charge in [-0.25, -0.2) is 0 Å². The van der Waals surface area contributed by atoms with E-state index in [9.17, 15) is 0 Å². The van der Waals surface area contributed by atoms with Gasteiger partial charge in [0, 0.05) is 18.0 Å². The fourth-order valence-corrected chi connectivity index (χ4v) is 2.36. The minimum absolute atomic E-state index is 0.408. The Balaban J connectivity index is 2.26. The summed E-state index contributed by atoms with van der Waals surface area (Å²) in [5.41, 5.74) is 0. The zero-order chi connectivity index (χ0) is 12.3. The molecule has 0 saturated heterocycles. The van der Waals surface area contributed by atoms with Crippen molar-refractivity contribution in [2.24, 2.45) is 0 Å². The molecule has 1 aromatic rings. The van der Waals surface area contributed by atoms with E-state index in [1.54, 1.807) is 7.11 Å². The summed E-state index contributed by atoms with van der Waals surface area (Å²) in [5, 5.41) is 5.65. The zero-order valence-corrected chi connectivity index (χ0v) is 11.6. The zero-order valence-electron chi connectivity index (χ0n) is 10.8. The fourth-order valence-electron chi connectivity index (χ4n) is 1.58. The highest BCUT2D eigenvalue weighted by Crippen LogP contribution is 2.11. The molecule has 1 rings (SSSR count). The molecular weight excluding hydrogens is 234 g/mol. The Labute approximate surface area is 108 Å². The standard InChI is InChI=1S/C13H23NO2S/c1-3-6-14-12(11-16-8-7-15-2)10-13-5-4-9-17-13/h4-5,9,12,14H,3,6-8,10-11H2,1-2H3. The molecule has 1 unspecified atom stereocenters. The summed E-state index contributed by atoms with van der Waals surface area (Å²) in [6, 6.07) is 4.69. The van der Waals surface area contributed by atoms with E-state index in [2.05, 4.69) is 29.8 Å². The number of ether oxygens (including phenoxy) is 2. The van der Waals surface area contributed by atoms with E-state index in [-0.39, 0.29) is 0 Å². The van der Waals surface area contributed by atoms with Crippen LogP contribution in [0.2, 0.25) is 0 Å². The fraction of sp³-hybridized carbons (Fsp3) is 0.692. The van der Waals surface area contributed by atoms with Crippen molar-refractivity contribution in [2.75, 3.05) is 33.5 Å². The van der Waals surface area contributed by atoms with Gasteiger partial charge in [-0.05, 0) is 30.8 Å². The third-order valence-corrected chi connectivity index (χ3v) is 3.36. The van der Waals surface area contributed by atoms with Gasteiger partial charge in [0.05, 0.1) is 19.8 Å². The van der Waals surface area contributed by atoms with Crippen LogP contribution in [0.5, 0.6) is 0 Å². The maximum atomic E-state index is 5.60. The molecule has 3 nitrogen and oxygen atoms in total. The van der Waals surface area contributed by atoms with Crippen molar-refractivity contribution in [3.8, 4) is 0 Å². The van der Waals surface area contributed by atoms with Gasteiger partial charge in [-0.15, -0.1) is 11.3 Å². The van der Waals surface area contributed by atoms with Gasteiger partial charge in [0.1, 0.15) is 0 Å². The van der Waals surface area contributed by atoms with Crippen molar-refractivity contribution in [2.45, 2.75) is 25.8 Å². The number of nitrogens with one attached hydrogen (secondary N) is 1. The second-order valence-corrected chi connectivity index (χ2v) is 5.03. The molecule has 0 aliphatic heterocycles. The summed E-state index contributed by atoms with van der Waals surface area (Å²) in [6.07, 6.45) is 2.20.